The second kappa shape index (κ2) is 7.84. The molecule has 6 heteroatoms. The van der Waals surface area contributed by atoms with Gasteiger partial charge in [-0.25, -0.2) is 0 Å². The van der Waals surface area contributed by atoms with Crippen LogP contribution in [-0.4, -0.2) is 31.4 Å². The minimum Gasteiger partial charge on any atom is -0.372 e. The number of carbonyl (C=O) groups excluding carboxylic acids is 2. The van der Waals surface area contributed by atoms with E-state index in [2.05, 4.69) is 22.3 Å². The van der Waals surface area contributed by atoms with E-state index in [0.29, 0.717) is 29.2 Å². The van der Waals surface area contributed by atoms with Gasteiger partial charge in [0.25, 0.3) is 5.91 Å². The van der Waals surface area contributed by atoms with Gasteiger partial charge in [0.1, 0.15) is 0 Å². The molecule has 0 aliphatic carbocycles. The van der Waals surface area contributed by atoms with E-state index in [4.69, 9.17) is 11.6 Å². The van der Waals surface area contributed by atoms with E-state index >= 15 is 0 Å². The van der Waals surface area contributed by atoms with Gasteiger partial charge in [-0.05, 0) is 68.1 Å². The van der Waals surface area contributed by atoms with Crippen LogP contribution < -0.4 is 15.1 Å². The molecular weight excluding hydrogens is 374 g/mol. The highest BCUT2D eigenvalue weighted by Crippen LogP contribution is 2.31. The van der Waals surface area contributed by atoms with E-state index < -0.39 is 0 Å². The van der Waals surface area contributed by atoms with Crippen molar-refractivity contribution >= 4 is 40.5 Å². The van der Waals surface area contributed by atoms with Crippen molar-refractivity contribution in [2.75, 3.05) is 34.8 Å². The topological polar surface area (TPSA) is 52.7 Å². The van der Waals surface area contributed by atoms with Gasteiger partial charge in [0.2, 0.25) is 5.91 Å². The van der Waals surface area contributed by atoms with Crippen LogP contribution in [0.3, 0.4) is 0 Å². The Balaban J connectivity index is 1.53. The van der Waals surface area contributed by atoms with Gasteiger partial charge in [0.15, 0.2) is 0 Å². The van der Waals surface area contributed by atoms with Gasteiger partial charge >= 0.3 is 0 Å². The van der Waals surface area contributed by atoms with E-state index in [1.54, 1.807) is 23.1 Å². The molecule has 2 aliphatic heterocycles. The third kappa shape index (κ3) is 3.72. The molecule has 146 valence electrons. The molecule has 2 fully saturated rings. The normalized spacial score (nSPS) is 16.7. The summed E-state index contributed by atoms with van der Waals surface area (Å²) in [5, 5.41) is 3.47. The van der Waals surface area contributed by atoms with Crippen LogP contribution in [0.5, 0.6) is 0 Å². The monoisotopic (exact) mass is 397 g/mol. The summed E-state index contributed by atoms with van der Waals surface area (Å²) in [6, 6.07) is 11.2. The number of halogens is 1. The summed E-state index contributed by atoms with van der Waals surface area (Å²) in [7, 11) is 0. The Labute approximate surface area is 170 Å². The van der Waals surface area contributed by atoms with Crippen LogP contribution in [0, 0.1) is 6.92 Å². The van der Waals surface area contributed by atoms with Gasteiger partial charge in [-0.2, -0.15) is 0 Å². The van der Waals surface area contributed by atoms with Crippen molar-refractivity contribution in [2.45, 2.75) is 32.6 Å². The smallest absolute Gasteiger partial charge is 0.255 e. The van der Waals surface area contributed by atoms with Gasteiger partial charge in [-0.3, -0.25) is 9.59 Å². The van der Waals surface area contributed by atoms with Gasteiger partial charge < -0.3 is 15.1 Å². The first-order chi connectivity index (χ1) is 13.5. The molecule has 0 saturated carbocycles. The minimum atomic E-state index is -0.207. The number of aryl methyl sites for hydroxylation is 1. The molecule has 28 heavy (non-hydrogen) atoms. The number of rotatable bonds is 4. The Bertz CT molecular complexity index is 922. The van der Waals surface area contributed by atoms with E-state index in [1.165, 1.54) is 18.5 Å². The van der Waals surface area contributed by atoms with Gasteiger partial charge in [0, 0.05) is 43.0 Å². The maximum absolute atomic E-state index is 12.8. The second-order valence-corrected chi connectivity index (χ2v) is 7.87. The Kier molecular flexibility index (Phi) is 5.27. The van der Waals surface area contributed by atoms with Crippen LogP contribution in [0.15, 0.2) is 36.4 Å². The Morgan fingerprint density at radius 1 is 1.04 bits per heavy atom. The van der Waals surface area contributed by atoms with Crippen LogP contribution >= 0.6 is 11.6 Å². The van der Waals surface area contributed by atoms with Crippen molar-refractivity contribution in [2.24, 2.45) is 0 Å². The zero-order valence-corrected chi connectivity index (χ0v) is 16.8. The lowest BCUT2D eigenvalue weighted by molar-refractivity contribution is -0.117. The zero-order valence-electron chi connectivity index (χ0n) is 16.0. The largest absolute Gasteiger partial charge is 0.372 e. The van der Waals surface area contributed by atoms with E-state index in [9.17, 15) is 9.59 Å². The molecule has 0 spiro atoms. The summed E-state index contributed by atoms with van der Waals surface area (Å²) in [5.41, 5.74) is 4.12. The van der Waals surface area contributed by atoms with Crippen molar-refractivity contribution in [3.05, 3.63) is 52.5 Å². The Morgan fingerprint density at radius 2 is 1.82 bits per heavy atom. The lowest BCUT2D eigenvalue weighted by Crippen LogP contribution is -2.24. The van der Waals surface area contributed by atoms with E-state index in [-0.39, 0.29) is 11.8 Å². The first-order valence-corrected chi connectivity index (χ1v) is 10.2. The summed E-state index contributed by atoms with van der Waals surface area (Å²) in [6.45, 7) is 4.83. The number of hydrogen-bond donors (Lipinski definition) is 1. The maximum Gasteiger partial charge on any atom is 0.255 e. The lowest BCUT2D eigenvalue weighted by Gasteiger charge is -2.20. The van der Waals surface area contributed by atoms with E-state index in [1.807, 2.05) is 13.0 Å². The predicted octanol–water partition coefficient (Wildman–Crippen LogP) is 4.63. The first kappa shape index (κ1) is 18.8. The fourth-order valence-electron chi connectivity index (χ4n) is 3.92. The number of anilines is 3. The molecule has 1 N–H and O–H groups in total. The third-order valence-corrected chi connectivity index (χ3v) is 5.82. The number of carbonyl (C=O) groups is 2. The highest BCUT2D eigenvalue weighted by atomic mass is 35.5. The molecule has 0 radical (unpaired) electrons. The molecule has 2 aliphatic rings. The Hall–Kier alpha value is -2.53. The quantitative estimate of drug-likeness (QED) is 0.818. The number of amides is 2. The molecule has 4 rings (SSSR count). The predicted molar refractivity (Wildman–Crippen MR) is 114 cm³/mol. The summed E-state index contributed by atoms with van der Waals surface area (Å²) in [6.07, 6.45) is 3.80. The summed E-state index contributed by atoms with van der Waals surface area (Å²) < 4.78 is 0. The lowest BCUT2D eigenvalue weighted by atomic mass is 10.1. The van der Waals surface area contributed by atoms with Crippen molar-refractivity contribution in [3.8, 4) is 0 Å². The first-order valence-electron chi connectivity index (χ1n) is 9.80. The van der Waals surface area contributed by atoms with Crippen LogP contribution in [0.2, 0.25) is 5.02 Å². The maximum atomic E-state index is 12.8. The number of benzene rings is 2. The van der Waals surface area contributed by atoms with Crippen molar-refractivity contribution in [3.63, 3.8) is 0 Å². The van der Waals surface area contributed by atoms with Gasteiger partial charge in [-0.15, -0.1) is 0 Å². The zero-order chi connectivity index (χ0) is 19.7. The molecule has 0 aromatic heterocycles. The molecule has 2 amide bonds. The average molecular weight is 398 g/mol. The third-order valence-electron chi connectivity index (χ3n) is 5.50. The molecule has 0 bridgehead atoms. The molecule has 0 atom stereocenters. The molecule has 5 nitrogen and oxygen atoms in total. The SMILES string of the molecule is Cc1cc(N2CCCC2)ccc1NC(=O)c1ccc(Cl)c(N2CCCC2=O)c1. The fourth-order valence-corrected chi connectivity index (χ4v) is 4.14. The average Bonchev–Trinajstić information content (AvgIpc) is 3.35. The molecule has 2 aromatic rings. The van der Waals surface area contributed by atoms with Gasteiger partial charge in [-0.1, -0.05) is 11.6 Å². The van der Waals surface area contributed by atoms with Crippen molar-refractivity contribution in [1.29, 1.82) is 0 Å². The molecule has 2 saturated heterocycles. The van der Waals surface area contributed by atoms with E-state index in [0.717, 1.165) is 30.8 Å². The fraction of sp³-hybridized carbons (Fsp3) is 0.364. The standard InChI is InChI=1S/C22H24ClN3O2/c1-15-13-17(25-10-2-3-11-25)7-9-19(15)24-22(28)16-6-8-18(23)20(14-16)26-12-4-5-21(26)27/h6-9,13-14H,2-5,10-12H2,1H3,(H,24,28). The number of nitrogens with one attached hydrogen (secondary N) is 1. The van der Waals surface area contributed by atoms with Gasteiger partial charge in [0.05, 0.1) is 10.7 Å². The van der Waals surface area contributed by atoms with Crippen LogP contribution in [-0.2, 0) is 4.79 Å². The highest BCUT2D eigenvalue weighted by molar-refractivity contribution is 6.34. The van der Waals surface area contributed by atoms with Crippen molar-refractivity contribution < 1.29 is 9.59 Å². The number of hydrogen-bond acceptors (Lipinski definition) is 3. The summed E-state index contributed by atoms with van der Waals surface area (Å²) in [4.78, 5) is 28.9. The molecule has 0 unspecified atom stereocenters. The summed E-state index contributed by atoms with van der Waals surface area (Å²) >= 11 is 6.28. The van der Waals surface area contributed by atoms with Crippen LogP contribution in [0.25, 0.3) is 0 Å². The van der Waals surface area contributed by atoms with Crippen LogP contribution in [0.1, 0.15) is 41.6 Å². The molecular formula is C22H24ClN3O2. The van der Waals surface area contributed by atoms with Crippen molar-refractivity contribution in [1.82, 2.24) is 0 Å². The van der Waals surface area contributed by atoms with Crippen LogP contribution in [0.4, 0.5) is 17.1 Å². The molecule has 2 aromatic carbocycles. The Morgan fingerprint density at radius 3 is 2.50 bits per heavy atom. The highest BCUT2D eigenvalue weighted by Gasteiger charge is 2.24. The molecule has 2 heterocycles. The second-order valence-electron chi connectivity index (χ2n) is 7.46. The minimum absolute atomic E-state index is 0.0489. The summed E-state index contributed by atoms with van der Waals surface area (Å²) in [5.74, 6) is -0.158. The number of nitrogens with zero attached hydrogens (tertiary/aromatic N) is 2.